The number of fused-ring (bicyclic) bond motifs is 3. The van der Waals surface area contributed by atoms with E-state index < -0.39 is 0 Å². The second-order valence-electron chi connectivity index (χ2n) is 7.26. The highest BCUT2D eigenvalue weighted by atomic mass is 16.5. The minimum Gasteiger partial charge on any atom is -0.378 e. The summed E-state index contributed by atoms with van der Waals surface area (Å²) < 4.78 is 5.60. The van der Waals surface area contributed by atoms with Crippen LogP contribution in [0.15, 0.2) is 30.3 Å². The van der Waals surface area contributed by atoms with Gasteiger partial charge in [0.05, 0.1) is 30.9 Å². The average Bonchev–Trinajstić information content (AvgIpc) is 3.08. The van der Waals surface area contributed by atoms with E-state index in [1.165, 1.54) is 5.56 Å². The van der Waals surface area contributed by atoms with Crippen LogP contribution < -0.4 is 0 Å². The molecule has 27 heavy (non-hydrogen) atoms. The van der Waals surface area contributed by atoms with Gasteiger partial charge in [-0.2, -0.15) is 5.10 Å². The average molecular weight is 368 g/mol. The first-order valence-corrected chi connectivity index (χ1v) is 9.35. The van der Waals surface area contributed by atoms with Crippen LogP contribution in [0.4, 0.5) is 0 Å². The third-order valence-electron chi connectivity index (χ3n) is 5.50. The van der Waals surface area contributed by atoms with Crippen LogP contribution in [0.5, 0.6) is 0 Å². The van der Waals surface area contributed by atoms with E-state index in [0.717, 1.165) is 17.7 Å². The van der Waals surface area contributed by atoms with Crippen LogP contribution in [-0.4, -0.2) is 71.2 Å². The Morgan fingerprint density at radius 2 is 2.04 bits per heavy atom. The standard InChI is InChI=1S/C20H24N4O3/c1-3-13-4-6-14(7-5-13)17-8-18(22-21-17)20(26)24-9-15-11-27-12-16(10-24)23(2)19(15)25/h4-8,15-16H,3,9-12H2,1-2H3,(H,21,22)/t15-,16+/m1/s1. The molecule has 2 aliphatic rings. The van der Waals surface area contributed by atoms with Crippen molar-refractivity contribution in [3.63, 3.8) is 0 Å². The normalized spacial score (nSPS) is 22.7. The lowest BCUT2D eigenvalue weighted by atomic mass is 10.1. The Morgan fingerprint density at radius 1 is 1.26 bits per heavy atom. The summed E-state index contributed by atoms with van der Waals surface area (Å²) in [4.78, 5) is 29.0. The minimum atomic E-state index is -0.310. The number of ether oxygens (including phenoxy) is 1. The summed E-state index contributed by atoms with van der Waals surface area (Å²) in [6, 6.07) is 9.85. The van der Waals surface area contributed by atoms with Crippen LogP contribution >= 0.6 is 0 Å². The maximum absolute atomic E-state index is 13.0. The van der Waals surface area contributed by atoms with Crippen molar-refractivity contribution in [2.75, 3.05) is 33.4 Å². The van der Waals surface area contributed by atoms with Gasteiger partial charge in [-0.05, 0) is 18.1 Å². The van der Waals surface area contributed by atoms with Gasteiger partial charge in [-0.25, -0.2) is 0 Å². The number of aromatic nitrogens is 2. The van der Waals surface area contributed by atoms with Crippen molar-refractivity contribution in [3.8, 4) is 11.3 Å². The van der Waals surface area contributed by atoms with Crippen molar-refractivity contribution in [2.24, 2.45) is 5.92 Å². The number of likely N-dealkylation sites (N-methyl/N-ethyl adjacent to an activating group) is 1. The first-order valence-electron chi connectivity index (χ1n) is 9.35. The summed E-state index contributed by atoms with van der Waals surface area (Å²) in [6.45, 7) is 3.78. The molecule has 2 aromatic rings. The molecule has 1 aromatic carbocycles. The second kappa shape index (κ2) is 7.15. The van der Waals surface area contributed by atoms with Crippen LogP contribution in [0, 0.1) is 5.92 Å². The fourth-order valence-electron chi connectivity index (χ4n) is 3.72. The van der Waals surface area contributed by atoms with Gasteiger partial charge < -0.3 is 14.5 Å². The zero-order valence-electron chi connectivity index (χ0n) is 15.6. The number of aryl methyl sites for hydroxylation is 1. The van der Waals surface area contributed by atoms with Crippen molar-refractivity contribution in [1.82, 2.24) is 20.0 Å². The van der Waals surface area contributed by atoms with Gasteiger partial charge in [-0.1, -0.05) is 31.2 Å². The monoisotopic (exact) mass is 368 g/mol. The van der Waals surface area contributed by atoms with Crippen LogP contribution in [-0.2, 0) is 16.0 Å². The third kappa shape index (κ3) is 3.35. The molecule has 0 radical (unpaired) electrons. The van der Waals surface area contributed by atoms with Gasteiger partial charge in [0.15, 0.2) is 0 Å². The zero-order chi connectivity index (χ0) is 19.0. The molecule has 1 aromatic heterocycles. The Bertz CT molecular complexity index is 845. The number of benzene rings is 1. The molecule has 2 amide bonds. The van der Waals surface area contributed by atoms with Crippen molar-refractivity contribution < 1.29 is 14.3 Å². The number of aromatic amines is 1. The molecule has 7 heteroatoms. The molecule has 2 fully saturated rings. The zero-order valence-corrected chi connectivity index (χ0v) is 15.6. The minimum absolute atomic E-state index is 0.0501. The molecule has 0 aliphatic carbocycles. The molecule has 2 atom stereocenters. The van der Waals surface area contributed by atoms with Crippen molar-refractivity contribution in [3.05, 3.63) is 41.6 Å². The molecule has 1 N–H and O–H groups in total. The number of carbonyl (C=O) groups is 2. The fourth-order valence-corrected chi connectivity index (χ4v) is 3.72. The molecule has 7 nitrogen and oxygen atoms in total. The number of carbonyl (C=O) groups excluding carboxylic acids is 2. The maximum atomic E-state index is 13.0. The molecule has 2 bridgehead atoms. The van der Waals surface area contributed by atoms with Crippen LogP contribution in [0.25, 0.3) is 11.3 Å². The highest BCUT2D eigenvalue weighted by molar-refractivity contribution is 5.94. The van der Waals surface area contributed by atoms with Gasteiger partial charge in [-0.15, -0.1) is 0 Å². The SMILES string of the molecule is CCc1ccc(-c2cc(C(=O)N3C[C@@H]4COC[C@H](C3)N(C)C4=O)[nH]n2)cc1. The number of rotatable bonds is 3. The molecule has 2 aliphatic heterocycles. The summed E-state index contributed by atoms with van der Waals surface area (Å²) in [5.74, 6) is -0.386. The Morgan fingerprint density at radius 3 is 2.78 bits per heavy atom. The smallest absolute Gasteiger partial charge is 0.271 e. The molecule has 0 spiro atoms. The Kier molecular flexibility index (Phi) is 4.70. The number of H-pyrrole nitrogens is 1. The Balaban J connectivity index is 1.54. The van der Waals surface area contributed by atoms with Gasteiger partial charge in [0, 0.05) is 25.7 Å². The lowest BCUT2D eigenvalue weighted by molar-refractivity contribution is -0.133. The van der Waals surface area contributed by atoms with E-state index in [4.69, 9.17) is 4.74 Å². The molecule has 0 unspecified atom stereocenters. The van der Waals surface area contributed by atoms with E-state index >= 15 is 0 Å². The molecule has 3 heterocycles. The summed E-state index contributed by atoms with van der Waals surface area (Å²) in [7, 11) is 1.79. The van der Waals surface area contributed by atoms with Gasteiger partial charge >= 0.3 is 0 Å². The summed E-state index contributed by atoms with van der Waals surface area (Å²) in [6.07, 6.45) is 0.985. The number of hydrogen-bond acceptors (Lipinski definition) is 4. The second-order valence-corrected chi connectivity index (χ2v) is 7.26. The summed E-state index contributed by atoms with van der Waals surface area (Å²) in [5, 5.41) is 7.18. The van der Waals surface area contributed by atoms with Crippen molar-refractivity contribution in [2.45, 2.75) is 19.4 Å². The van der Waals surface area contributed by atoms with Gasteiger partial charge in [0.2, 0.25) is 5.91 Å². The lowest BCUT2D eigenvalue weighted by Crippen LogP contribution is -2.45. The number of nitrogens with one attached hydrogen (secondary N) is 1. The van der Waals surface area contributed by atoms with E-state index in [1.54, 1.807) is 22.9 Å². The molecular weight excluding hydrogens is 344 g/mol. The first kappa shape index (κ1) is 17.7. The highest BCUT2D eigenvalue weighted by Crippen LogP contribution is 2.23. The van der Waals surface area contributed by atoms with E-state index in [0.29, 0.717) is 32.0 Å². The van der Waals surface area contributed by atoms with E-state index in [9.17, 15) is 9.59 Å². The Labute approximate surface area is 158 Å². The lowest BCUT2D eigenvalue weighted by Gasteiger charge is -2.29. The van der Waals surface area contributed by atoms with Crippen LogP contribution in [0.3, 0.4) is 0 Å². The third-order valence-corrected chi connectivity index (χ3v) is 5.50. The van der Waals surface area contributed by atoms with Gasteiger partial charge in [0.1, 0.15) is 5.69 Å². The van der Waals surface area contributed by atoms with E-state index in [2.05, 4.69) is 29.3 Å². The Hall–Kier alpha value is -2.67. The largest absolute Gasteiger partial charge is 0.378 e. The fraction of sp³-hybridized carbons (Fsp3) is 0.450. The first-order chi connectivity index (χ1) is 13.1. The quantitative estimate of drug-likeness (QED) is 0.892. The molecule has 0 saturated carbocycles. The summed E-state index contributed by atoms with van der Waals surface area (Å²) in [5.41, 5.74) is 3.42. The topological polar surface area (TPSA) is 78.5 Å². The van der Waals surface area contributed by atoms with Crippen LogP contribution in [0.1, 0.15) is 23.0 Å². The summed E-state index contributed by atoms with van der Waals surface area (Å²) >= 11 is 0. The van der Waals surface area contributed by atoms with Crippen LogP contribution in [0.2, 0.25) is 0 Å². The molecule has 142 valence electrons. The molecule has 2 saturated heterocycles. The van der Waals surface area contributed by atoms with Gasteiger partial charge in [-0.3, -0.25) is 14.7 Å². The number of hydrogen-bond donors (Lipinski definition) is 1. The van der Waals surface area contributed by atoms with Crippen molar-refractivity contribution >= 4 is 11.8 Å². The molecular formula is C20H24N4O3. The highest BCUT2D eigenvalue weighted by Gasteiger charge is 2.39. The van der Waals surface area contributed by atoms with Crippen molar-refractivity contribution in [1.29, 1.82) is 0 Å². The number of nitrogens with zero attached hydrogens (tertiary/aromatic N) is 3. The van der Waals surface area contributed by atoms with E-state index in [1.807, 2.05) is 12.1 Å². The molecule has 4 rings (SSSR count). The van der Waals surface area contributed by atoms with Gasteiger partial charge in [0.25, 0.3) is 5.91 Å². The van der Waals surface area contributed by atoms with E-state index in [-0.39, 0.29) is 23.8 Å². The predicted octanol–water partition coefficient (Wildman–Crippen LogP) is 1.57. The number of amides is 2. The predicted molar refractivity (Wildman–Crippen MR) is 100 cm³/mol. The maximum Gasteiger partial charge on any atom is 0.271 e.